The second kappa shape index (κ2) is 9.01. The first-order valence-corrected chi connectivity index (χ1v) is 10.0. The molecule has 0 saturated carbocycles. The van der Waals surface area contributed by atoms with E-state index in [4.69, 9.17) is 4.74 Å². The van der Waals surface area contributed by atoms with Gasteiger partial charge in [0.15, 0.2) is 16.8 Å². The molecule has 1 heterocycles. The number of Topliss-reactive ketones (excluding diaryl/α,β-unsaturated/α-hetero) is 1. The summed E-state index contributed by atoms with van der Waals surface area (Å²) in [6.45, 7) is 4.38. The smallest absolute Gasteiger partial charge is 0.192 e. The molecule has 27 heavy (non-hydrogen) atoms. The van der Waals surface area contributed by atoms with Gasteiger partial charge < -0.3 is 4.74 Å². The van der Waals surface area contributed by atoms with E-state index in [0.29, 0.717) is 17.3 Å². The van der Waals surface area contributed by atoms with Crippen molar-refractivity contribution in [1.82, 2.24) is 14.8 Å². The Kier molecular flexibility index (Phi) is 6.47. The SMILES string of the molecule is C=CCn1c(SCC(=O)c2ccc(OC)cc2)nnc1-c1ccc(Br)cc1. The second-order valence-electron chi connectivity index (χ2n) is 5.65. The van der Waals surface area contributed by atoms with Crippen LogP contribution in [0.1, 0.15) is 10.4 Å². The summed E-state index contributed by atoms with van der Waals surface area (Å²) < 4.78 is 8.08. The maximum Gasteiger partial charge on any atom is 0.192 e. The van der Waals surface area contributed by atoms with E-state index >= 15 is 0 Å². The lowest BCUT2D eigenvalue weighted by atomic mass is 10.1. The zero-order valence-corrected chi connectivity index (χ0v) is 17.2. The summed E-state index contributed by atoms with van der Waals surface area (Å²) in [6, 6.07) is 15.0. The third-order valence-electron chi connectivity index (χ3n) is 3.88. The number of ether oxygens (including phenoxy) is 1. The lowest BCUT2D eigenvalue weighted by Gasteiger charge is -2.08. The number of carbonyl (C=O) groups is 1. The van der Waals surface area contributed by atoms with Crippen LogP contribution in [0.4, 0.5) is 0 Å². The number of halogens is 1. The van der Waals surface area contributed by atoms with Gasteiger partial charge in [-0.2, -0.15) is 0 Å². The fourth-order valence-corrected chi connectivity index (χ4v) is 3.60. The van der Waals surface area contributed by atoms with Gasteiger partial charge in [0.2, 0.25) is 0 Å². The number of rotatable bonds is 8. The lowest BCUT2D eigenvalue weighted by molar-refractivity contribution is 0.102. The van der Waals surface area contributed by atoms with Crippen LogP contribution >= 0.6 is 27.7 Å². The molecule has 3 aromatic rings. The van der Waals surface area contributed by atoms with Crippen molar-refractivity contribution in [1.29, 1.82) is 0 Å². The van der Waals surface area contributed by atoms with E-state index < -0.39 is 0 Å². The Balaban J connectivity index is 1.77. The molecule has 3 rings (SSSR count). The van der Waals surface area contributed by atoms with E-state index in [0.717, 1.165) is 21.6 Å². The van der Waals surface area contributed by atoms with Crippen molar-refractivity contribution in [3.05, 3.63) is 71.2 Å². The minimum Gasteiger partial charge on any atom is -0.497 e. The van der Waals surface area contributed by atoms with E-state index in [1.807, 2.05) is 28.8 Å². The molecule has 0 radical (unpaired) electrons. The monoisotopic (exact) mass is 443 g/mol. The van der Waals surface area contributed by atoms with Gasteiger partial charge in [-0.3, -0.25) is 9.36 Å². The minimum atomic E-state index is 0.0287. The Morgan fingerprint density at radius 2 is 1.89 bits per heavy atom. The molecule has 5 nitrogen and oxygen atoms in total. The van der Waals surface area contributed by atoms with Crippen LogP contribution in [0.15, 0.2) is 70.8 Å². The Hall–Kier alpha value is -2.38. The number of nitrogens with zero attached hydrogens (tertiary/aromatic N) is 3. The average Bonchev–Trinajstić information content (AvgIpc) is 3.09. The summed E-state index contributed by atoms with van der Waals surface area (Å²) in [7, 11) is 1.60. The highest BCUT2D eigenvalue weighted by Gasteiger charge is 2.15. The number of thioether (sulfide) groups is 1. The van der Waals surface area contributed by atoms with Crippen LogP contribution in [0.5, 0.6) is 5.75 Å². The van der Waals surface area contributed by atoms with Gasteiger partial charge in [0.05, 0.1) is 12.9 Å². The van der Waals surface area contributed by atoms with Crippen LogP contribution in [0.2, 0.25) is 0 Å². The number of benzene rings is 2. The van der Waals surface area contributed by atoms with Crippen molar-refractivity contribution >= 4 is 33.5 Å². The first-order valence-electron chi connectivity index (χ1n) is 8.22. The van der Waals surface area contributed by atoms with Gasteiger partial charge in [0, 0.05) is 22.1 Å². The first kappa shape index (κ1) is 19.4. The van der Waals surface area contributed by atoms with Gasteiger partial charge in [-0.05, 0) is 36.4 Å². The Labute approximate surface area is 170 Å². The molecule has 0 aliphatic rings. The van der Waals surface area contributed by atoms with Crippen molar-refractivity contribution in [2.75, 3.05) is 12.9 Å². The molecular formula is C20H18BrN3O2S. The summed E-state index contributed by atoms with van der Waals surface area (Å²) >= 11 is 4.81. The van der Waals surface area contributed by atoms with Gasteiger partial charge in [-0.15, -0.1) is 16.8 Å². The number of hydrogen-bond donors (Lipinski definition) is 0. The van der Waals surface area contributed by atoms with Crippen LogP contribution < -0.4 is 4.74 Å². The summed E-state index contributed by atoms with van der Waals surface area (Å²) in [5.41, 5.74) is 1.60. The topological polar surface area (TPSA) is 57.0 Å². The number of allylic oxidation sites excluding steroid dienone is 1. The van der Waals surface area contributed by atoms with Crippen molar-refractivity contribution in [2.24, 2.45) is 0 Å². The Morgan fingerprint density at radius 3 is 2.52 bits per heavy atom. The highest BCUT2D eigenvalue weighted by Crippen LogP contribution is 2.26. The molecular weight excluding hydrogens is 426 g/mol. The van der Waals surface area contributed by atoms with Crippen LogP contribution in [-0.4, -0.2) is 33.4 Å². The molecule has 0 amide bonds. The normalized spacial score (nSPS) is 10.6. The van der Waals surface area contributed by atoms with Crippen molar-refractivity contribution in [2.45, 2.75) is 11.7 Å². The van der Waals surface area contributed by atoms with Crippen molar-refractivity contribution in [3.8, 4) is 17.1 Å². The molecule has 138 valence electrons. The van der Waals surface area contributed by atoms with Gasteiger partial charge >= 0.3 is 0 Å². The number of hydrogen-bond acceptors (Lipinski definition) is 5. The third kappa shape index (κ3) is 4.67. The molecule has 1 aromatic heterocycles. The fourth-order valence-electron chi connectivity index (χ4n) is 2.49. The number of ketones is 1. The quantitative estimate of drug-likeness (QED) is 0.282. The summed E-state index contributed by atoms with van der Waals surface area (Å²) in [5.74, 6) is 1.79. The van der Waals surface area contributed by atoms with E-state index in [9.17, 15) is 4.79 Å². The summed E-state index contributed by atoms with van der Waals surface area (Å²) in [4.78, 5) is 12.5. The zero-order valence-electron chi connectivity index (χ0n) is 14.8. The minimum absolute atomic E-state index is 0.0287. The maximum absolute atomic E-state index is 12.5. The lowest BCUT2D eigenvalue weighted by Crippen LogP contribution is -2.05. The molecule has 0 bridgehead atoms. The zero-order chi connectivity index (χ0) is 19.2. The van der Waals surface area contributed by atoms with Gasteiger partial charge in [-0.1, -0.05) is 45.9 Å². The molecule has 0 N–H and O–H groups in total. The molecule has 7 heteroatoms. The van der Waals surface area contributed by atoms with Gasteiger partial charge in [0.25, 0.3) is 0 Å². The van der Waals surface area contributed by atoms with Gasteiger partial charge in [0.1, 0.15) is 5.75 Å². The molecule has 0 saturated heterocycles. The van der Waals surface area contributed by atoms with Crippen molar-refractivity contribution < 1.29 is 9.53 Å². The van der Waals surface area contributed by atoms with E-state index in [2.05, 4.69) is 32.7 Å². The van der Waals surface area contributed by atoms with Crippen LogP contribution in [-0.2, 0) is 6.54 Å². The molecule has 0 aliphatic heterocycles. The average molecular weight is 444 g/mol. The maximum atomic E-state index is 12.5. The Bertz CT molecular complexity index is 937. The van der Waals surface area contributed by atoms with E-state index in [1.54, 1.807) is 37.5 Å². The number of aromatic nitrogens is 3. The largest absolute Gasteiger partial charge is 0.497 e. The Morgan fingerprint density at radius 1 is 1.19 bits per heavy atom. The van der Waals surface area contributed by atoms with E-state index in [1.165, 1.54) is 11.8 Å². The second-order valence-corrected chi connectivity index (χ2v) is 7.51. The van der Waals surface area contributed by atoms with Crippen molar-refractivity contribution in [3.63, 3.8) is 0 Å². The highest BCUT2D eigenvalue weighted by atomic mass is 79.9. The van der Waals surface area contributed by atoms with Crippen LogP contribution in [0.3, 0.4) is 0 Å². The highest BCUT2D eigenvalue weighted by molar-refractivity contribution is 9.10. The summed E-state index contributed by atoms with van der Waals surface area (Å²) in [6.07, 6.45) is 1.79. The molecule has 0 aliphatic carbocycles. The predicted molar refractivity (Wildman–Crippen MR) is 111 cm³/mol. The molecule has 0 fully saturated rings. The van der Waals surface area contributed by atoms with Gasteiger partial charge in [-0.25, -0.2) is 0 Å². The fraction of sp³-hybridized carbons (Fsp3) is 0.150. The molecule has 2 aromatic carbocycles. The number of methoxy groups -OCH3 is 1. The first-order chi connectivity index (χ1) is 13.1. The summed E-state index contributed by atoms with van der Waals surface area (Å²) in [5, 5.41) is 9.27. The predicted octanol–water partition coefficient (Wildman–Crippen LogP) is 4.88. The van der Waals surface area contributed by atoms with Crippen LogP contribution in [0, 0.1) is 0 Å². The molecule has 0 atom stereocenters. The number of carbonyl (C=O) groups excluding carboxylic acids is 1. The standard InChI is InChI=1S/C20H18BrN3O2S/c1-3-12-24-19(15-4-8-16(21)9-5-15)22-23-20(24)27-13-18(25)14-6-10-17(26-2)11-7-14/h3-11H,1,12-13H2,2H3. The molecule has 0 unspecified atom stereocenters. The van der Waals surface area contributed by atoms with E-state index in [-0.39, 0.29) is 11.5 Å². The molecule has 0 spiro atoms. The van der Waals surface area contributed by atoms with Crippen LogP contribution in [0.25, 0.3) is 11.4 Å². The third-order valence-corrected chi connectivity index (χ3v) is 5.37.